The summed E-state index contributed by atoms with van der Waals surface area (Å²) in [5, 5.41) is 7.12. The van der Waals surface area contributed by atoms with Crippen molar-refractivity contribution in [1.29, 1.82) is 0 Å². The largest absolute Gasteiger partial charge is 0.493 e. The summed E-state index contributed by atoms with van der Waals surface area (Å²) in [4.78, 5) is 16.8. The van der Waals surface area contributed by atoms with Crippen molar-refractivity contribution in [3.05, 3.63) is 65.5 Å². The van der Waals surface area contributed by atoms with Gasteiger partial charge in [0, 0.05) is 30.4 Å². The molecule has 1 unspecified atom stereocenters. The van der Waals surface area contributed by atoms with Crippen LogP contribution in [0.4, 0.5) is 0 Å². The van der Waals surface area contributed by atoms with Crippen molar-refractivity contribution < 1.29 is 14.1 Å². The normalized spacial score (nSPS) is 15.5. The number of aromatic nitrogens is 2. The van der Waals surface area contributed by atoms with E-state index in [-0.39, 0.29) is 11.9 Å². The Morgan fingerprint density at radius 2 is 2.00 bits per heavy atom. The van der Waals surface area contributed by atoms with Gasteiger partial charge in [-0.25, -0.2) is 0 Å². The van der Waals surface area contributed by atoms with Crippen molar-refractivity contribution in [2.24, 2.45) is 0 Å². The van der Waals surface area contributed by atoms with Crippen LogP contribution in [0, 0.1) is 0 Å². The lowest BCUT2D eigenvalue weighted by Gasteiger charge is -2.26. The summed E-state index contributed by atoms with van der Waals surface area (Å²) in [6, 6.07) is 15.9. The lowest BCUT2D eigenvalue weighted by Crippen LogP contribution is -2.32. The van der Waals surface area contributed by atoms with Gasteiger partial charge in [-0.05, 0) is 18.1 Å². The minimum atomic E-state index is -0.0336. The van der Waals surface area contributed by atoms with Gasteiger partial charge in [0.1, 0.15) is 5.75 Å². The first kappa shape index (κ1) is 18.2. The number of hydrogen-bond donors (Lipinski definition) is 1. The molecule has 1 aliphatic rings. The highest BCUT2D eigenvalue weighted by Gasteiger charge is 2.22. The van der Waals surface area contributed by atoms with Crippen LogP contribution >= 0.6 is 0 Å². The van der Waals surface area contributed by atoms with E-state index < -0.39 is 0 Å². The summed E-state index contributed by atoms with van der Waals surface area (Å²) in [5.41, 5.74) is 3.20. The Hall–Kier alpha value is -3.15. The molecule has 1 aromatic heterocycles. The van der Waals surface area contributed by atoms with Gasteiger partial charge in [-0.1, -0.05) is 54.5 Å². The minimum absolute atomic E-state index is 0.0206. The Bertz CT molecular complexity index is 950. The zero-order valence-corrected chi connectivity index (χ0v) is 15.9. The van der Waals surface area contributed by atoms with Gasteiger partial charge in [-0.2, -0.15) is 4.98 Å². The molecular weight excluding hydrogens is 354 g/mol. The maximum absolute atomic E-state index is 12.4. The molecule has 0 saturated carbocycles. The molecule has 2 heterocycles. The van der Waals surface area contributed by atoms with Crippen LogP contribution in [0.25, 0.3) is 11.4 Å². The van der Waals surface area contributed by atoms with Gasteiger partial charge in [-0.3, -0.25) is 4.79 Å². The number of fused-ring (bicyclic) bond motifs is 1. The number of benzene rings is 2. The Balaban J connectivity index is 1.34. The van der Waals surface area contributed by atoms with Gasteiger partial charge in [0.2, 0.25) is 17.6 Å². The van der Waals surface area contributed by atoms with Gasteiger partial charge in [0.15, 0.2) is 0 Å². The fraction of sp³-hybridized carbons (Fsp3) is 0.318. The molecule has 0 aliphatic carbocycles. The van der Waals surface area contributed by atoms with Crippen LogP contribution in [-0.2, 0) is 17.6 Å². The number of aryl methyl sites for hydroxylation is 2. The molecule has 6 nitrogen and oxygen atoms in total. The van der Waals surface area contributed by atoms with Crippen LogP contribution in [0.3, 0.4) is 0 Å². The SMILES string of the molecule is CCc1ccc(-c2noc(CCC(=O)NC3CCOc4ccccc43)n2)cc1. The average molecular weight is 377 g/mol. The number of rotatable bonds is 6. The fourth-order valence-electron chi connectivity index (χ4n) is 3.34. The van der Waals surface area contributed by atoms with Crippen molar-refractivity contribution in [2.45, 2.75) is 38.6 Å². The Kier molecular flexibility index (Phi) is 5.37. The van der Waals surface area contributed by atoms with Gasteiger partial charge in [0.25, 0.3) is 0 Å². The van der Waals surface area contributed by atoms with Crippen LogP contribution in [0.5, 0.6) is 5.75 Å². The number of nitrogens with one attached hydrogen (secondary N) is 1. The van der Waals surface area contributed by atoms with E-state index >= 15 is 0 Å². The molecule has 4 rings (SSSR count). The second kappa shape index (κ2) is 8.25. The third-order valence-corrected chi connectivity index (χ3v) is 4.95. The number of hydrogen-bond acceptors (Lipinski definition) is 5. The molecule has 0 spiro atoms. The van der Waals surface area contributed by atoms with E-state index in [9.17, 15) is 4.79 Å². The number of carbonyl (C=O) groups is 1. The highest BCUT2D eigenvalue weighted by atomic mass is 16.5. The molecule has 1 atom stereocenters. The lowest BCUT2D eigenvalue weighted by molar-refractivity contribution is -0.122. The van der Waals surface area contributed by atoms with E-state index in [1.165, 1.54) is 5.56 Å². The predicted octanol–water partition coefficient (Wildman–Crippen LogP) is 3.87. The van der Waals surface area contributed by atoms with Gasteiger partial charge in [-0.15, -0.1) is 0 Å². The van der Waals surface area contributed by atoms with Crippen molar-refractivity contribution in [3.8, 4) is 17.1 Å². The first-order chi connectivity index (χ1) is 13.7. The van der Waals surface area contributed by atoms with Crippen LogP contribution in [0.15, 0.2) is 53.1 Å². The predicted molar refractivity (Wildman–Crippen MR) is 105 cm³/mol. The maximum atomic E-state index is 12.4. The minimum Gasteiger partial charge on any atom is -0.493 e. The van der Waals surface area contributed by atoms with Crippen molar-refractivity contribution in [2.75, 3.05) is 6.61 Å². The van der Waals surface area contributed by atoms with E-state index in [1.54, 1.807) is 0 Å². The van der Waals surface area contributed by atoms with E-state index in [0.29, 0.717) is 31.2 Å². The Labute approximate surface area is 163 Å². The molecule has 6 heteroatoms. The third-order valence-electron chi connectivity index (χ3n) is 4.95. The summed E-state index contributed by atoms with van der Waals surface area (Å²) in [7, 11) is 0. The van der Waals surface area contributed by atoms with Crippen molar-refractivity contribution in [3.63, 3.8) is 0 Å². The lowest BCUT2D eigenvalue weighted by atomic mass is 10.0. The van der Waals surface area contributed by atoms with Crippen LogP contribution < -0.4 is 10.1 Å². The summed E-state index contributed by atoms with van der Waals surface area (Å²) >= 11 is 0. The maximum Gasteiger partial charge on any atom is 0.227 e. The highest BCUT2D eigenvalue weighted by molar-refractivity contribution is 5.76. The number of para-hydroxylation sites is 1. The summed E-state index contributed by atoms with van der Waals surface area (Å²) in [6.45, 7) is 2.72. The molecular formula is C22H23N3O3. The van der Waals surface area contributed by atoms with Crippen molar-refractivity contribution in [1.82, 2.24) is 15.5 Å². The van der Waals surface area contributed by atoms with E-state index in [4.69, 9.17) is 9.26 Å². The first-order valence-electron chi connectivity index (χ1n) is 9.66. The van der Waals surface area contributed by atoms with Crippen LogP contribution in [0.1, 0.15) is 42.8 Å². The van der Waals surface area contributed by atoms with Gasteiger partial charge < -0.3 is 14.6 Å². The Morgan fingerprint density at radius 3 is 2.82 bits per heavy atom. The summed E-state index contributed by atoms with van der Waals surface area (Å²) in [6.07, 6.45) is 2.47. The highest BCUT2D eigenvalue weighted by Crippen LogP contribution is 2.31. The number of carbonyl (C=O) groups excluding carboxylic acids is 1. The molecule has 1 aliphatic heterocycles. The average Bonchev–Trinajstić information content (AvgIpc) is 3.22. The molecule has 3 aromatic rings. The third kappa shape index (κ3) is 4.06. The molecule has 1 amide bonds. The summed E-state index contributed by atoms with van der Waals surface area (Å²) < 4.78 is 11.0. The molecule has 0 saturated heterocycles. The van der Waals surface area contributed by atoms with Crippen molar-refractivity contribution >= 4 is 5.91 Å². The quantitative estimate of drug-likeness (QED) is 0.706. The molecule has 2 aromatic carbocycles. The first-order valence-corrected chi connectivity index (χ1v) is 9.66. The number of ether oxygens (including phenoxy) is 1. The van der Waals surface area contributed by atoms with E-state index in [0.717, 1.165) is 29.7 Å². The molecule has 144 valence electrons. The summed E-state index contributed by atoms with van der Waals surface area (Å²) in [5.74, 6) is 1.83. The standard InChI is InChI=1S/C22H23N3O3/c1-2-15-7-9-16(10-8-15)22-24-21(28-25-22)12-11-20(26)23-18-13-14-27-19-6-4-3-5-17(18)19/h3-10,18H,2,11-14H2,1H3,(H,23,26). The molecule has 1 N–H and O–H groups in total. The van der Waals surface area contributed by atoms with E-state index in [2.05, 4.69) is 34.5 Å². The van der Waals surface area contributed by atoms with Gasteiger partial charge >= 0.3 is 0 Å². The molecule has 0 radical (unpaired) electrons. The smallest absolute Gasteiger partial charge is 0.227 e. The van der Waals surface area contributed by atoms with Gasteiger partial charge in [0.05, 0.1) is 12.6 Å². The number of amides is 1. The second-order valence-electron chi connectivity index (χ2n) is 6.86. The monoisotopic (exact) mass is 377 g/mol. The van der Waals surface area contributed by atoms with Crippen LogP contribution in [-0.4, -0.2) is 22.7 Å². The molecule has 0 fully saturated rings. The molecule has 0 bridgehead atoms. The van der Waals surface area contributed by atoms with Crippen LogP contribution in [0.2, 0.25) is 0 Å². The Morgan fingerprint density at radius 1 is 1.18 bits per heavy atom. The zero-order chi connectivity index (χ0) is 19.3. The topological polar surface area (TPSA) is 77.2 Å². The zero-order valence-electron chi connectivity index (χ0n) is 15.9. The number of nitrogens with zero attached hydrogens (tertiary/aromatic N) is 2. The fourth-order valence-corrected chi connectivity index (χ4v) is 3.34. The van der Waals surface area contributed by atoms with E-state index in [1.807, 2.05) is 36.4 Å². The second-order valence-corrected chi connectivity index (χ2v) is 6.86. The molecule has 28 heavy (non-hydrogen) atoms.